The number of terminal acetylenes is 1. The third kappa shape index (κ3) is 4.00. The van der Waals surface area contributed by atoms with Crippen molar-refractivity contribution in [2.24, 2.45) is 0 Å². The van der Waals surface area contributed by atoms with E-state index < -0.39 is 0 Å². The van der Waals surface area contributed by atoms with E-state index in [1.54, 1.807) is 0 Å². The third-order valence-corrected chi connectivity index (χ3v) is 2.02. The van der Waals surface area contributed by atoms with E-state index in [9.17, 15) is 0 Å². The number of hydrogen-bond donors (Lipinski definition) is 0. The summed E-state index contributed by atoms with van der Waals surface area (Å²) in [5, 5.41) is 0. The molecule has 0 atom stereocenters. The van der Waals surface area contributed by atoms with Gasteiger partial charge in [0.05, 0.1) is 6.61 Å². The molecule has 0 radical (unpaired) electrons. The van der Waals surface area contributed by atoms with Gasteiger partial charge in [0, 0.05) is 10.9 Å². The zero-order valence-corrected chi connectivity index (χ0v) is 8.88. The van der Waals surface area contributed by atoms with Crippen molar-refractivity contribution in [1.29, 1.82) is 0 Å². The smallest absolute Gasteiger partial charge is 0.120 e. The number of ether oxygens (including phenoxy) is 1. The van der Waals surface area contributed by atoms with Gasteiger partial charge in [-0.05, 0) is 24.6 Å². The standard InChI is InChI=1S/C11H11BrO/c1-2-3-4-8-13-11-7-5-6-10(12)9-11/h1,5-7,9H,3-4,8H2. The predicted octanol–water partition coefficient (Wildman–Crippen LogP) is 3.24. The Morgan fingerprint density at radius 3 is 3.00 bits per heavy atom. The number of rotatable bonds is 4. The van der Waals surface area contributed by atoms with E-state index in [4.69, 9.17) is 11.2 Å². The molecule has 0 saturated heterocycles. The van der Waals surface area contributed by atoms with E-state index in [2.05, 4.69) is 21.9 Å². The fourth-order valence-corrected chi connectivity index (χ4v) is 1.30. The molecule has 0 aliphatic rings. The van der Waals surface area contributed by atoms with Crippen molar-refractivity contribution in [3.8, 4) is 18.1 Å². The van der Waals surface area contributed by atoms with Crippen molar-refractivity contribution >= 4 is 15.9 Å². The lowest BCUT2D eigenvalue weighted by molar-refractivity contribution is 0.313. The van der Waals surface area contributed by atoms with Gasteiger partial charge >= 0.3 is 0 Å². The fourth-order valence-electron chi connectivity index (χ4n) is 0.921. The Hall–Kier alpha value is -0.940. The van der Waals surface area contributed by atoms with E-state index in [1.165, 1.54) is 0 Å². The molecule has 0 aliphatic heterocycles. The maximum atomic E-state index is 5.46. The average molecular weight is 239 g/mol. The second-order valence-electron chi connectivity index (χ2n) is 2.61. The van der Waals surface area contributed by atoms with Gasteiger partial charge in [-0.25, -0.2) is 0 Å². The van der Waals surface area contributed by atoms with Crippen molar-refractivity contribution in [2.75, 3.05) is 6.61 Å². The first-order valence-corrected chi connectivity index (χ1v) is 4.94. The Bertz CT molecular complexity index is 301. The summed E-state index contributed by atoms with van der Waals surface area (Å²) in [7, 11) is 0. The van der Waals surface area contributed by atoms with Crippen molar-refractivity contribution in [2.45, 2.75) is 12.8 Å². The zero-order valence-electron chi connectivity index (χ0n) is 7.29. The lowest BCUT2D eigenvalue weighted by atomic mass is 10.3. The lowest BCUT2D eigenvalue weighted by Gasteiger charge is -2.04. The molecule has 68 valence electrons. The van der Waals surface area contributed by atoms with E-state index in [-0.39, 0.29) is 0 Å². The molecule has 0 bridgehead atoms. The molecule has 0 N–H and O–H groups in total. The summed E-state index contributed by atoms with van der Waals surface area (Å²) in [5.74, 6) is 3.46. The van der Waals surface area contributed by atoms with Crippen LogP contribution in [0.4, 0.5) is 0 Å². The van der Waals surface area contributed by atoms with Crippen LogP contribution >= 0.6 is 15.9 Å². The van der Waals surface area contributed by atoms with Gasteiger partial charge in [-0.1, -0.05) is 22.0 Å². The van der Waals surface area contributed by atoms with Crippen LogP contribution < -0.4 is 4.74 Å². The topological polar surface area (TPSA) is 9.23 Å². The summed E-state index contributed by atoms with van der Waals surface area (Å²) in [4.78, 5) is 0. The highest BCUT2D eigenvalue weighted by Gasteiger charge is 1.93. The van der Waals surface area contributed by atoms with Gasteiger partial charge in [0.25, 0.3) is 0 Å². The summed E-state index contributed by atoms with van der Waals surface area (Å²) in [6, 6.07) is 7.78. The van der Waals surface area contributed by atoms with Gasteiger partial charge in [0.2, 0.25) is 0 Å². The predicted molar refractivity (Wildman–Crippen MR) is 57.7 cm³/mol. The van der Waals surface area contributed by atoms with Crippen LogP contribution in [0, 0.1) is 12.3 Å². The molecule has 0 aromatic heterocycles. The molecular weight excluding hydrogens is 228 g/mol. The minimum absolute atomic E-state index is 0.681. The van der Waals surface area contributed by atoms with Gasteiger partial charge < -0.3 is 4.74 Å². The van der Waals surface area contributed by atoms with E-state index in [0.29, 0.717) is 6.61 Å². The summed E-state index contributed by atoms with van der Waals surface area (Å²) in [6.45, 7) is 0.681. The minimum atomic E-state index is 0.681. The molecule has 1 aromatic rings. The van der Waals surface area contributed by atoms with Crippen LogP contribution in [0.5, 0.6) is 5.75 Å². The second kappa shape index (κ2) is 5.66. The molecule has 0 heterocycles. The molecule has 0 saturated carbocycles. The van der Waals surface area contributed by atoms with E-state index in [0.717, 1.165) is 23.1 Å². The highest BCUT2D eigenvalue weighted by Crippen LogP contribution is 2.17. The summed E-state index contributed by atoms with van der Waals surface area (Å²) >= 11 is 3.37. The quantitative estimate of drug-likeness (QED) is 0.579. The van der Waals surface area contributed by atoms with Crippen LogP contribution in [-0.2, 0) is 0 Å². The molecule has 1 aromatic carbocycles. The van der Waals surface area contributed by atoms with Crippen molar-refractivity contribution in [3.05, 3.63) is 28.7 Å². The normalized spacial score (nSPS) is 9.23. The Kier molecular flexibility index (Phi) is 4.42. The van der Waals surface area contributed by atoms with Gasteiger partial charge in [-0.3, -0.25) is 0 Å². The largest absolute Gasteiger partial charge is 0.494 e. The Labute approximate surface area is 87.2 Å². The van der Waals surface area contributed by atoms with Crippen LogP contribution in [0.1, 0.15) is 12.8 Å². The molecular formula is C11H11BrO. The molecule has 0 spiro atoms. The molecule has 1 rings (SSSR count). The van der Waals surface area contributed by atoms with E-state index >= 15 is 0 Å². The first kappa shape index (κ1) is 10.1. The molecule has 1 nitrogen and oxygen atoms in total. The van der Waals surface area contributed by atoms with Crippen LogP contribution in [0.2, 0.25) is 0 Å². The SMILES string of the molecule is C#CCCCOc1cccc(Br)c1. The van der Waals surface area contributed by atoms with Crippen molar-refractivity contribution in [1.82, 2.24) is 0 Å². The van der Waals surface area contributed by atoms with Gasteiger partial charge in [-0.2, -0.15) is 0 Å². The fraction of sp³-hybridized carbons (Fsp3) is 0.273. The average Bonchev–Trinajstić information content (AvgIpc) is 2.13. The van der Waals surface area contributed by atoms with Crippen LogP contribution in [0.25, 0.3) is 0 Å². The molecule has 0 amide bonds. The highest BCUT2D eigenvalue weighted by atomic mass is 79.9. The van der Waals surface area contributed by atoms with Gasteiger partial charge in [0.15, 0.2) is 0 Å². The zero-order chi connectivity index (χ0) is 9.52. The van der Waals surface area contributed by atoms with Crippen LogP contribution in [0.3, 0.4) is 0 Å². The van der Waals surface area contributed by atoms with Crippen LogP contribution in [-0.4, -0.2) is 6.61 Å². The molecule has 2 heteroatoms. The second-order valence-corrected chi connectivity index (χ2v) is 3.53. The Balaban J connectivity index is 2.33. The molecule has 0 aliphatic carbocycles. The number of unbranched alkanes of at least 4 members (excludes halogenated alkanes) is 1. The number of benzene rings is 1. The van der Waals surface area contributed by atoms with Gasteiger partial charge in [0.1, 0.15) is 5.75 Å². The monoisotopic (exact) mass is 238 g/mol. The molecule has 0 fully saturated rings. The summed E-state index contributed by atoms with van der Waals surface area (Å²) in [6.07, 6.45) is 6.80. The highest BCUT2D eigenvalue weighted by molar-refractivity contribution is 9.10. The molecule has 0 unspecified atom stereocenters. The van der Waals surface area contributed by atoms with Crippen molar-refractivity contribution in [3.63, 3.8) is 0 Å². The molecule has 13 heavy (non-hydrogen) atoms. The van der Waals surface area contributed by atoms with E-state index in [1.807, 2.05) is 24.3 Å². The minimum Gasteiger partial charge on any atom is -0.494 e. The lowest BCUT2D eigenvalue weighted by Crippen LogP contribution is -1.96. The maximum Gasteiger partial charge on any atom is 0.120 e. The third-order valence-electron chi connectivity index (χ3n) is 1.53. The van der Waals surface area contributed by atoms with Gasteiger partial charge in [-0.15, -0.1) is 12.3 Å². The van der Waals surface area contributed by atoms with Crippen LogP contribution in [0.15, 0.2) is 28.7 Å². The maximum absolute atomic E-state index is 5.46. The first-order chi connectivity index (χ1) is 6.33. The summed E-state index contributed by atoms with van der Waals surface area (Å²) < 4.78 is 6.49. The Morgan fingerprint density at radius 2 is 2.31 bits per heavy atom. The summed E-state index contributed by atoms with van der Waals surface area (Å²) in [5.41, 5.74) is 0. The Morgan fingerprint density at radius 1 is 1.46 bits per heavy atom. The number of hydrogen-bond acceptors (Lipinski definition) is 1. The van der Waals surface area contributed by atoms with Crippen molar-refractivity contribution < 1.29 is 4.74 Å². The first-order valence-electron chi connectivity index (χ1n) is 4.15. The number of halogens is 1.